The lowest BCUT2D eigenvalue weighted by Gasteiger charge is -2.15. The minimum absolute atomic E-state index is 0.0608. The van der Waals surface area contributed by atoms with Gasteiger partial charge in [-0.2, -0.15) is 8.78 Å². The zero-order valence-corrected chi connectivity index (χ0v) is 15.7. The molecule has 1 amide bonds. The molecule has 146 valence electrons. The summed E-state index contributed by atoms with van der Waals surface area (Å²) in [5.74, 6) is -0.261. The van der Waals surface area contributed by atoms with Crippen LogP contribution in [0.15, 0.2) is 53.4 Å². The number of para-hydroxylation sites is 1. The minimum atomic E-state index is -3.46. The predicted molar refractivity (Wildman–Crippen MR) is 96.7 cm³/mol. The standard InChI is InChI=1S/C18H20F2N2O4S/c1-22(11-13-7-9-14(10-8-13)26-18(19)20)12-17(23)21-15-5-3-4-6-16(15)27(2,24)25/h3-10,18H,11-12H2,1-2H3,(H,21,23)/p+1. The lowest BCUT2D eigenvalue weighted by Crippen LogP contribution is -3.08. The number of carbonyl (C=O) groups excluding carboxylic acids is 1. The summed E-state index contributed by atoms with van der Waals surface area (Å²) in [6.45, 7) is -2.29. The molecule has 2 N–H and O–H groups in total. The molecule has 0 radical (unpaired) electrons. The summed E-state index contributed by atoms with van der Waals surface area (Å²) in [5.41, 5.74) is 1.09. The molecule has 0 spiro atoms. The number of benzene rings is 2. The topological polar surface area (TPSA) is 76.9 Å². The largest absolute Gasteiger partial charge is 0.435 e. The van der Waals surface area contributed by atoms with Gasteiger partial charge in [-0.25, -0.2) is 8.42 Å². The fourth-order valence-electron chi connectivity index (χ4n) is 2.56. The van der Waals surface area contributed by atoms with Crippen molar-refractivity contribution >= 4 is 21.4 Å². The number of quaternary nitrogens is 1. The van der Waals surface area contributed by atoms with Gasteiger partial charge in [0.25, 0.3) is 5.91 Å². The average Bonchev–Trinajstić information content (AvgIpc) is 2.55. The number of halogens is 2. The third-order valence-corrected chi connectivity index (χ3v) is 4.83. The highest BCUT2D eigenvalue weighted by Crippen LogP contribution is 2.20. The molecule has 0 fully saturated rings. The zero-order chi connectivity index (χ0) is 20.0. The number of amides is 1. The summed E-state index contributed by atoms with van der Waals surface area (Å²) >= 11 is 0. The average molecular weight is 399 g/mol. The summed E-state index contributed by atoms with van der Waals surface area (Å²) in [5, 5.41) is 2.62. The molecular weight excluding hydrogens is 378 g/mol. The number of rotatable bonds is 8. The Bertz CT molecular complexity index is 886. The van der Waals surface area contributed by atoms with E-state index in [-0.39, 0.29) is 28.8 Å². The van der Waals surface area contributed by atoms with E-state index < -0.39 is 16.4 Å². The van der Waals surface area contributed by atoms with Gasteiger partial charge in [0.1, 0.15) is 12.3 Å². The van der Waals surface area contributed by atoms with Crippen LogP contribution in [0.2, 0.25) is 0 Å². The third-order valence-electron chi connectivity index (χ3n) is 3.68. The summed E-state index contributed by atoms with van der Waals surface area (Å²) in [6.07, 6.45) is 1.08. The molecule has 27 heavy (non-hydrogen) atoms. The summed E-state index contributed by atoms with van der Waals surface area (Å²) in [4.78, 5) is 13.1. The third kappa shape index (κ3) is 6.61. The van der Waals surface area contributed by atoms with E-state index in [9.17, 15) is 22.0 Å². The van der Waals surface area contributed by atoms with Crippen molar-refractivity contribution in [2.75, 3.05) is 25.2 Å². The molecule has 1 atom stereocenters. The molecule has 2 aromatic carbocycles. The number of carbonyl (C=O) groups is 1. The Morgan fingerprint density at radius 2 is 1.78 bits per heavy atom. The van der Waals surface area contributed by atoms with Crippen LogP contribution in [0.1, 0.15) is 5.56 Å². The molecule has 0 saturated carbocycles. The molecule has 2 rings (SSSR count). The van der Waals surface area contributed by atoms with E-state index in [0.29, 0.717) is 6.54 Å². The van der Waals surface area contributed by atoms with E-state index >= 15 is 0 Å². The van der Waals surface area contributed by atoms with E-state index in [2.05, 4.69) is 10.1 Å². The fourth-order valence-corrected chi connectivity index (χ4v) is 3.41. The Hall–Kier alpha value is -2.52. The van der Waals surface area contributed by atoms with Crippen molar-refractivity contribution in [1.29, 1.82) is 0 Å². The number of alkyl halides is 2. The van der Waals surface area contributed by atoms with Crippen LogP contribution in [0, 0.1) is 0 Å². The van der Waals surface area contributed by atoms with E-state index in [0.717, 1.165) is 16.7 Å². The van der Waals surface area contributed by atoms with Gasteiger partial charge in [-0.3, -0.25) is 4.79 Å². The van der Waals surface area contributed by atoms with Crippen LogP contribution >= 0.6 is 0 Å². The van der Waals surface area contributed by atoms with Crippen LogP contribution < -0.4 is 15.0 Å². The van der Waals surface area contributed by atoms with Crippen molar-refractivity contribution < 1.29 is 31.6 Å². The summed E-state index contributed by atoms with van der Waals surface area (Å²) < 4.78 is 52.1. The van der Waals surface area contributed by atoms with E-state index in [4.69, 9.17) is 0 Å². The lowest BCUT2D eigenvalue weighted by molar-refractivity contribution is -0.885. The number of hydrogen-bond acceptors (Lipinski definition) is 4. The summed E-state index contributed by atoms with van der Waals surface area (Å²) in [6, 6.07) is 12.4. The van der Waals surface area contributed by atoms with Crippen LogP contribution in [-0.2, 0) is 21.2 Å². The highest BCUT2D eigenvalue weighted by Gasteiger charge is 2.17. The number of anilines is 1. The Kier molecular flexibility index (Phi) is 6.86. The van der Waals surface area contributed by atoms with Gasteiger partial charge in [-0.15, -0.1) is 0 Å². The van der Waals surface area contributed by atoms with Crippen molar-refractivity contribution in [3.8, 4) is 5.75 Å². The van der Waals surface area contributed by atoms with Gasteiger partial charge < -0.3 is 15.0 Å². The van der Waals surface area contributed by atoms with Gasteiger partial charge in [0.15, 0.2) is 16.4 Å². The quantitative estimate of drug-likeness (QED) is 0.703. The predicted octanol–water partition coefficient (Wildman–Crippen LogP) is 1.34. The Labute approximate surface area is 156 Å². The lowest BCUT2D eigenvalue weighted by atomic mass is 10.2. The smallest absolute Gasteiger partial charge is 0.387 e. The zero-order valence-electron chi connectivity index (χ0n) is 14.9. The van der Waals surface area contributed by atoms with Crippen molar-refractivity contribution in [2.45, 2.75) is 18.1 Å². The molecule has 0 aromatic heterocycles. The number of likely N-dealkylation sites (N-methyl/N-ethyl adjacent to an activating group) is 1. The Balaban J connectivity index is 1.95. The maximum absolute atomic E-state index is 12.2. The van der Waals surface area contributed by atoms with Gasteiger partial charge >= 0.3 is 6.61 Å². The normalized spacial score (nSPS) is 12.6. The molecule has 0 saturated heterocycles. The van der Waals surface area contributed by atoms with Gasteiger partial charge in [0.2, 0.25) is 0 Å². The number of sulfone groups is 1. The Morgan fingerprint density at radius 3 is 2.37 bits per heavy atom. The number of ether oxygens (including phenoxy) is 1. The highest BCUT2D eigenvalue weighted by molar-refractivity contribution is 7.90. The summed E-state index contributed by atoms with van der Waals surface area (Å²) in [7, 11) is -1.66. The molecule has 6 nitrogen and oxygen atoms in total. The van der Waals surface area contributed by atoms with Gasteiger partial charge in [-0.1, -0.05) is 12.1 Å². The molecular formula is C18H21F2N2O4S+. The maximum Gasteiger partial charge on any atom is 0.387 e. The van der Waals surface area contributed by atoms with Crippen molar-refractivity contribution in [1.82, 2.24) is 0 Å². The highest BCUT2D eigenvalue weighted by atomic mass is 32.2. The molecule has 0 aliphatic carbocycles. The monoisotopic (exact) mass is 399 g/mol. The molecule has 1 unspecified atom stereocenters. The van der Waals surface area contributed by atoms with Crippen molar-refractivity contribution in [3.05, 3.63) is 54.1 Å². The minimum Gasteiger partial charge on any atom is -0.435 e. The van der Waals surface area contributed by atoms with Crippen molar-refractivity contribution in [3.63, 3.8) is 0 Å². The fraction of sp³-hybridized carbons (Fsp3) is 0.278. The molecule has 0 aliphatic rings. The van der Waals surface area contributed by atoms with Crippen LogP contribution in [-0.4, -0.2) is 40.8 Å². The molecule has 0 aliphatic heterocycles. The van der Waals surface area contributed by atoms with E-state index in [1.54, 1.807) is 31.3 Å². The first-order valence-corrected chi connectivity index (χ1v) is 9.98. The SMILES string of the molecule is C[NH+](CC(=O)Nc1ccccc1S(C)(=O)=O)Cc1ccc(OC(F)F)cc1. The van der Waals surface area contributed by atoms with Crippen LogP contribution in [0.3, 0.4) is 0 Å². The second kappa shape index (κ2) is 8.92. The second-order valence-corrected chi connectivity index (χ2v) is 8.13. The number of nitrogens with one attached hydrogen (secondary N) is 2. The second-order valence-electron chi connectivity index (χ2n) is 6.15. The molecule has 2 aromatic rings. The first-order chi connectivity index (χ1) is 12.6. The van der Waals surface area contributed by atoms with Crippen LogP contribution in [0.5, 0.6) is 5.75 Å². The molecule has 0 heterocycles. The maximum atomic E-state index is 12.2. The first-order valence-electron chi connectivity index (χ1n) is 8.09. The molecule has 9 heteroatoms. The van der Waals surface area contributed by atoms with Gasteiger partial charge in [0.05, 0.1) is 17.6 Å². The van der Waals surface area contributed by atoms with Crippen molar-refractivity contribution in [2.24, 2.45) is 0 Å². The Morgan fingerprint density at radius 1 is 1.15 bits per heavy atom. The van der Waals surface area contributed by atoms with Gasteiger partial charge in [0, 0.05) is 11.8 Å². The molecule has 0 bridgehead atoms. The number of hydrogen-bond donors (Lipinski definition) is 2. The van der Waals surface area contributed by atoms with Crippen LogP contribution in [0.4, 0.5) is 14.5 Å². The van der Waals surface area contributed by atoms with Crippen LogP contribution in [0.25, 0.3) is 0 Å². The first kappa shape index (κ1) is 20.8. The van der Waals surface area contributed by atoms with E-state index in [1.807, 2.05) is 0 Å². The van der Waals surface area contributed by atoms with Gasteiger partial charge in [-0.05, 0) is 36.4 Å². The van der Waals surface area contributed by atoms with E-state index in [1.165, 1.54) is 24.3 Å².